The summed E-state index contributed by atoms with van der Waals surface area (Å²) in [6.45, 7) is 7.64. The molecule has 2 aliphatic carbocycles. The van der Waals surface area contributed by atoms with Crippen LogP contribution >= 0.6 is 0 Å². The summed E-state index contributed by atoms with van der Waals surface area (Å²) in [5, 5.41) is 0. The highest BCUT2D eigenvalue weighted by atomic mass is 16.2. The molecule has 0 aromatic carbocycles. The summed E-state index contributed by atoms with van der Waals surface area (Å²) in [5.41, 5.74) is 2.93. The third kappa shape index (κ3) is 3.08. The van der Waals surface area contributed by atoms with Gasteiger partial charge in [-0.25, -0.2) is 0 Å². The van der Waals surface area contributed by atoms with Crippen LogP contribution in [-0.2, 0) is 0 Å². The maximum absolute atomic E-state index is 13.2. The molecule has 23 heavy (non-hydrogen) atoms. The molecular weight excluding hydrogens is 288 g/mol. The standard InChI is InChI=1S/C19H28N2O2/c1-11-5-7-15(8-6-11)21(16-9-10-16)19(23)18-12(2)17(14(4)22)13(3)20-18/h11,15-16,20H,5-10H2,1-4H3. The van der Waals surface area contributed by atoms with Crippen LogP contribution in [0.5, 0.6) is 0 Å². The highest BCUT2D eigenvalue weighted by Crippen LogP contribution is 2.36. The van der Waals surface area contributed by atoms with Crippen molar-refractivity contribution < 1.29 is 9.59 Å². The van der Waals surface area contributed by atoms with E-state index in [1.807, 2.05) is 13.8 Å². The minimum atomic E-state index is 0.0276. The Morgan fingerprint density at radius 1 is 1.00 bits per heavy atom. The first-order chi connectivity index (χ1) is 10.9. The number of nitrogens with zero attached hydrogens (tertiary/aromatic N) is 1. The number of hydrogen-bond acceptors (Lipinski definition) is 2. The third-order valence-electron chi connectivity index (χ3n) is 5.56. The molecule has 0 radical (unpaired) electrons. The molecule has 2 fully saturated rings. The maximum atomic E-state index is 13.2. The number of rotatable bonds is 4. The summed E-state index contributed by atoms with van der Waals surface area (Å²) in [4.78, 5) is 30.4. The topological polar surface area (TPSA) is 53.2 Å². The van der Waals surface area contributed by atoms with Crippen LogP contribution in [0.15, 0.2) is 0 Å². The Kier molecular flexibility index (Phi) is 4.35. The average Bonchev–Trinajstić information content (AvgIpc) is 3.26. The lowest BCUT2D eigenvalue weighted by Gasteiger charge is -2.36. The number of ketones is 1. The van der Waals surface area contributed by atoms with Crippen molar-refractivity contribution in [1.82, 2.24) is 9.88 Å². The van der Waals surface area contributed by atoms with E-state index in [1.165, 1.54) is 12.8 Å². The predicted octanol–water partition coefficient (Wildman–Crippen LogP) is 4.02. The van der Waals surface area contributed by atoms with Crippen molar-refractivity contribution in [2.24, 2.45) is 5.92 Å². The summed E-state index contributed by atoms with van der Waals surface area (Å²) in [7, 11) is 0. The number of aryl methyl sites for hydroxylation is 1. The number of hydrogen-bond donors (Lipinski definition) is 1. The zero-order valence-corrected chi connectivity index (χ0v) is 14.7. The van der Waals surface area contributed by atoms with Gasteiger partial charge in [-0.3, -0.25) is 9.59 Å². The monoisotopic (exact) mass is 316 g/mol. The van der Waals surface area contributed by atoms with Crippen molar-refractivity contribution in [3.63, 3.8) is 0 Å². The summed E-state index contributed by atoms with van der Waals surface area (Å²) in [6.07, 6.45) is 6.89. The SMILES string of the molecule is CC(=O)c1c(C)[nH]c(C(=O)N(C2CCC(C)CC2)C2CC2)c1C. The number of Topliss-reactive ketones (excluding diaryl/α,β-unsaturated/α-hetero) is 1. The van der Waals surface area contributed by atoms with Crippen LogP contribution in [0.2, 0.25) is 0 Å². The minimum Gasteiger partial charge on any atom is -0.354 e. The van der Waals surface area contributed by atoms with E-state index >= 15 is 0 Å². The molecule has 0 unspecified atom stereocenters. The molecule has 3 rings (SSSR count). The Morgan fingerprint density at radius 2 is 1.52 bits per heavy atom. The lowest BCUT2D eigenvalue weighted by Crippen LogP contribution is -2.44. The van der Waals surface area contributed by atoms with Crippen LogP contribution in [0.4, 0.5) is 0 Å². The van der Waals surface area contributed by atoms with Gasteiger partial charge >= 0.3 is 0 Å². The molecule has 126 valence electrons. The van der Waals surface area contributed by atoms with E-state index in [9.17, 15) is 9.59 Å². The molecule has 0 spiro atoms. The Hall–Kier alpha value is -1.58. The first kappa shape index (κ1) is 16.3. The van der Waals surface area contributed by atoms with Gasteiger partial charge in [0.25, 0.3) is 5.91 Å². The second-order valence-corrected chi connectivity index (χ2v) is 7.54. The smallest absolute Gasteiger partial charge is 0.271 e. The quantitative estimate of drug-likeness (QED) is 0.853. The van der Waals surface area contributed by atoms with Gasteiger partial charge in [-0.1, -0.05) is 6.92 Å². The lowest BCUT2D eigenvalue weighted by atomic mass is 9.86. The summed E-state index contributed by atoms with van der Waals surface area (Å²) in [5.74, 6) is 0.904. The molecule has 2 saturated carbocycles. The van der Waals surface area contributed by atoms with Gasteiger partial charge in [-0.05, 0) is 70.8 Å². The Balaban J connectivity index is 1.88. The molecule has 0 bridgehead atoms. The molecule has 1 amide bonds. The van der Waals surface area contributed by atoms with Crippen LogP contribution in [0.3, 0.4) is 0 Å². The Morgan fingerprint density at radius 3 is 1.96 bits per heavy atom. The fourth-order valence-corrected chi connectivity index (χ4v) is 4.12. The van der Waals surface area contributed by atoms with E-state index in [-0.39, 0.29) is 11.7 Å². The first-order valence-electron chi connectivity index (χ1n) is 8.93. The van der Waals surface area contributed by atoms with Crippen molar-refractivity contribution in [1.29, 1.82) is 0 Å². The number of amides is 1. The van der Waals surface area contributed by atoms with Gasteiger partial charge in [-0.15, -0.1) is 0 Å². The number of aromatic nitrogens is 1. The fraction of sp³-hybridized carbons (Fsp3) is 0.684. The minimum absolute atomic E-state index is 0.0276. The highest BCUT2D eigenvalue weighted by Gasteiger charge is 2.40. The van der Waals surface area contributed by atoms with Crippen molar-refractivity contribution in [3.05, 3.63) is 22.5 Å². The molecule has 1 aromatic rings. The van der Waals surface area contributed by atoms with Gasteiger partial charge in [-0.2, -0.15) is 0 Å². The van der Waals surface area contributed by atoms with Gasteiger partial charge in [0, 0.05) is 23.3 Å². The molecule has 1 aromatic heterocycles. The normalized spacial score (nSPS) is 24.5. The molecule has 4 heteroatoms. The molecule has 0 saturated heterocycles. The van der Waals surface area contributed by atoms with E-state index < -0.39 is 0 Å². The second-order valence-electron chi connectivity index (χ2n) is 7.54. The number of H-pyrrole nitrogens is 1. The van der Waals surface area contributed by atoms with Crippen LogP contribution in [-0.4, -0.2) is 33.7 Å². The number of carbonyl (C=O) groups is 2. The average molecular weight is 316 g/mol. The maximum Gasteiger partial charge on any atom is 0.271 e. The number of aromatic amines is 1. The molecule has 0 atom stereocenters. The van der Waals surface area contributed by atoms with Gasteiger partial charge in [0.1, 0.15) is 5.69 Å². The van der Waals surface area contributed by atoms with Crippen LogP contribution < -0.4 is 0 Å². The van der Waals surface area contributed by atoms with E-state index in [2.05, 4.69) is 16.8 Å². The lowest BCUT2D eigenvalue weighted by molar-refractivity contribution is 0.0587. The molecule has 4 nitrogen and oxygen atoms in total. The highest BCUT2D eigenvalue weighted by molar-refractivity contribution is 6.02. The number of carbonyl (C=O) groups excluding carboxylic acids is 2. The van der Waals surface area contributed by atoms with Crippen molar-refractivity contribution >= 4 is 11.7 Å². The van der Waals surface area contributed by atoms with E-state index in [0.29, 0.717) is 23.3 Å². The molecule has 1 heterocycles. The van der Waals surface area contributed by atoms with Crippen molar-refractivity contribution in [2.45, 2.75) is 78.3 Å². The van der Waals surface area contributed by atoms with Gasteiger partial charge in [0.05, 0.1) is 0 Å². The van der Waals surface area contributed by atoms with Gasteiger partial charge < -0.3 is 9.88 Å². The van der Waals surface area contributed by atoms with Crippen LogP contribution in [0.1, 0.15) is 84.5 Å². The summed E-state index contributed by atoms with van der Waals surface area (Å²) in [6, 6.07) is 0.777. The fourth-order valence-electron chi connectivity index (χ4n) is 4.12. The van der Waals surface area contributed by atoms with Crippen LogP contribution in [0, 0.1) is 19.8 Å². The van der Waals surface area contributed by atoms with Gasteiger partial charge in [0.2, 0.25) is 0 Å². The van der Waals surface area contributed by atoms with Gasteiger partial charge in [0.15, 0.2) is 5.78 Å². The third-order valence-corrected chi connectivity index (χ3v) is 5.56. The van der Waals surface area contributed by atoms with E-state index in [1.54, 1.807) is 6.92 Å². The van der Waals surface area contributed by atoms with E-state index in [4.69, 9.17) is 0 Å². The zero-order chi connectivity index (χ0) is 16.7. The largest absolute Gasteiger partial charge is 0.354 e. The first-order valence-corrected chi connectivity index (χ1v) is 8.93. The predicted molar refractivity (Wildman–Crippen MR) is 90.9 cm³/mol. The molecule has 0 aliphatic heterocycles. The molecular formula is C19H28N2O2. The molecule has 2 aliphatic rings. The van der Waals surface area contributed by atoms with Crippen molar-refractivity contribution in [3.8, 4) is 0 Å². The summed E-state index contributed by atoms with van der Waals surface area (Å²) < 4.78 is 0. The van der Waals surface area contributed by atoms with Crippen LogP contribution in [0.25, 0.3) is 0 Å². The summed E-state index contributed by atoms with van der Waals surface area (Å²) >= 11 is 0. The number of nitrogens with one attached hydrogen (secondary N) is 1. The Bertz CT molecular complexity index is 620. The van der Waals surface area contributed by atoms with E-state index in [0.717, 1.165) is 42.9 Å². The second kappa shape index (κ2) is 6.14. The van der Waals surface area contributed by atoms with Crippen molar-refractivity contribution in [2.75, 3.05) is 0 Å². The molecule has 1 N–H and O–H groups in total. The Labute approximate surface area is 138 Å². The zero-order valence-electron chi connectivity index (χ0n) is 14.7.